The van der Waals surface area contributed by atoms with Gasteiger partial charge in [0.05, 0.1) is 17.9 Å². The van der Waals surface area contributed by atoms with E-state index >= 15 is 0 Å². The third kappa shape index (κ3) is 2.62. The van der Waals surface area contributed by atoms with E-state index in [-0.39, 0.29) is 5.82 Å². The number of fused-ring (bicyclic) bond motifs is 1. The molecule has 0 atom stereocenters. The van der Waals surface area contributed by atoms with Crippen molar-refractivity contribution in [2.75, 3.05) is 0 Å². The minimum absolute atomic E-state index is 0.334. The van der Waals surface area contributed by atoms with Crippen LogP contribution in [-0.4, -0.2) is 14.6 Å². The lowest BCUT2D eigenvalue weighted by Crippen LogP contribution is -1.89. The van der Waals surface area contributed by atoms with Gasteiger partial charge in [0.25, 0.3) is 0 Å². The van der Waals surface area contributed by atoms with Crippen molar-refractivity contribution in [1.29, 1.82) is 0 Å². The second-order valence-electron chi connectivity index (χ2n) is 3.97. The summed E-state index contributed by atoms with van der Waals surface area (Å²) in [5.74, 6) is -0.334. The molecule has 0 unspecified atom stereocenters. The molecule has 0 bridgehead atoms. The van der Waals surface area contributed by atoms with Gasteiger partial charge in [-0.25, -0.2) is 8.91 Å². The maximum atomic E-state index is 13.1. The first kappa shape index (κ1) is 13.2. The van der Waals surface area contributed by atoms with E-state index in [1.807, 2.05) is 45.3 Å². The summed E-state index contributed by atoms with van der Waals surface area (Å²) in [7, 11) is 0. The normalized spacial score (nSPS) is 10.1. The fourth-order valence-electron chi connectivity index (χ4n) is 1.85. The van der Waals surface area contributed by atoms with Gasteiger partial charge in [-0.05, 0) is 24.6 Å². The fourth-order valence-corrected chi connectivity index (χ4v) is 1.85. The van der Waals surface area contributed by atoms with Crippen molar-refractivity contribution in [1.82, 2.24) is 14.6 Å². The van der Waals surface area contributed by atoms with E-state index in [0.29, 0.717) is 0 Å². The summed E-state index contributed by atoms with van der Waals surface area (Å²) in [6, 6.07) is 5.38. The number of aryl methyl sites for hydroxylation is 1. The zero-order valence-electron chi connectivity index (χ0n) is 11.3. The number of hydrogen-bond acceptors (Lipinski definition) is 2. The Morgan fingerprint density at radius 3 is 2.58 bits per heavy atom. The lowest BCUT2D eigenvalue weighted by molar-refractivity contribution is 0.622. The maximum absolute atomic E-state index is 13.1. The first-order valence-electron chi connectivity index (χ1n) is 6.29. The average molecular weight is 257 g/mol. The molecule has 0 saturated heterocycles. The Kier molecular flexibility index (Phi) is 3.90. The van der Waals surface area contributed by atoms with Gasteiger partial charge in [0.15, 0.2) is 0 Å². The summed E-state index contributed by atoms with van der Waals surface area (Å²) in [6.07, 6.45) is 6.52. The van der Waals surface area contributed by atoms with Gasteiger partial charge in [-0.1, -0.05) is 19.9 Å². The SMILES string of the molecule is CC.Cc1cnn2cc(-c3cncc(F)c3)ccc12. The summed E-state index contributed by atoms with van der Waals surface area (Å²) in [5.41, 5.74) is 3.82. The van der Waals surface area contributed by atoms with Crippen molar-refractivity contribution in [2.24, 2.45) is 0 Å². The van der Waals surface area contributed by atoms with Crippen molar-refractivity contribution in [2.45, 2.75) is 20.8 Å². The van der Waals surface area contributed by atoms with Crippen molar-refractivity contribution in [3.05, 3.63) is 54.4 Å². The molecule has 0 amide bonds. The van der Waals surface area contributed by atoms with Crippen LogP contribution in [0.25, 0.3) is 16.6 Å². The molecule has 0 fully saturated rings. The lowest BCUT2D eigenvalue weighted by atomic mass is 10.1. The molecule has 3 rings (SSSR count). The molecule has 3 aromatic rings. The molecule has 3 nitrogen and oxygen atoms in total. The van der Waals surface area contributed by atoms with Crippen LogP contribution in [0.1, 0.15) is 19.4 Å². The van der Waals surface area contributed by atoms with Crippen LogP contribution >= 0.6 is 0 Å². The van der Waals surface area contributed by atoms with E-state index in [1.54, 1.807) is 10.7 Å². The van der Waals surface area contributed by atoms with Crippen LogP contribution in [0.3, 0.4) is 0 Å². The number of nitrogens with zero attached hydrogens (tertiary/aromatic N) is 3. The molecule has 0 aliphatic rings. The molecule has 0 aliphatic heterocycles. The van der Waals surface area contributed by atoms with Gasteiger partial charge < -0.3 is 0 Å². The third-order valence-corrected chi connectivity index (χ3v) is 2.75. The molecule has 0 N–H and O–H groups in total. The van der Waals surface area contributed by atoms with Gasteiger partial charge in [-0.3, -0.25) is 4.98 Å². The van der Waals surface area contributed by atoms with Gasteiger partial charge in [0.1, 0.15) is 5.82 Å². The summed E-state index contributed by atoms with van der Waals surface area (Å²) in [4.78, 5) is 3.84. The van der Waals surface area contributed by atoms with Gasteiger partial charge in [-0.2, -0.15) is 5.10 Å². The molecule has 3 aromatic heterocycles. The number of halogens is 1. The molecule has 98 valence electrons. The van der Waals surface area contributed by atoms with Crippen LogP contribution in [0.15, 0.2) is 43.0 Å². The Balaban J connectivity index is 0.000000637. The second-order valence-corrected chi connectivity index (χ2v) is 3.97. The van der Waals surface area contributed by atoms with Crippen LogP contribution < -0.4 is 0 Å². The van der Waals surface area contributed by atoms with E-state index in [0.717, 1.165) is 22.2 Å². The third-order valence-electron chi connectivity index (χ3n) is 2.75. The molecule has 0 radical (unpaired) electrons. The van der Waals surface area contributed by atoms with E-state index in [1.165, 1.54) is 12.3 Å². The quantitative estimate of drug-likeness (QED) is 0.662. The first-order valence-corrected chi connectivity index (χ1v) is 6.29. The predicted octanol–water partition coefficient (Wildman–Crippen LogP) is 3.87. The van der Waals surface area contributed by atoms with Crippen molar-refractivity contribution < 1.29 is 4.39 Å². The maximum Gasteiger partial charge on any atom is 0.142 e. The van der Waals surface area contributed by atoms with E-state index < -0.39 is 0 Å². The minimum Gasteiger partial charge on any atom is -0.261 e. The number of aromatic nitrogens is 3. The number of rotatable bonds is 1. The van der Waals surface area contributed by atoms with E-state index in [4.69, 9.17) is 0 Å². The van der Waals surface area contributed by atoms with Crippen molar-refractivity contribution in [3.63, 3.8) is 0 Å². The Labute approximate surface area is 111 Å². The zero-order valence-corrected chi connectivity index (χ0v) is 11.3. The van der Waals surface area contributed by atoms with Crippen LogP contribution in [0, 0.1) is 12.7 Å². The summed E-state index contributed by atoms with van der Waals surface area (Å²) >= 11 is 0. The Morgan fingerprint density at radius 2 is 1.84 bits per heavy atom. The standard InChI is InChI=1S/C13H10FN3.C2H6/c1-9-5-16-17-8-10(2-3-13(9)17)11-4-12(14)7-15-6-11;1-2/h2-8H,1H3;1-2H3. The first-order chi connectivity index (χ1) is 9.24. The molecule has 0 saturated carbocycles. The molecular formula is C15H16FN3. The Morgan fingerprint density at radius 1 is 1.05 bits per heavy atom. The smallest absolute Gasteiger partial charge is 0.142 e. The second kappa shape index (κ2) is 5.61. The average Bonchev–Trinajstić information content (AvgIpc) is 2.82. The zero-order chi connectivity index (χ0) is 13.8. The number of hydrogen-bond donors (Lipinski definition) is 0. The fraction of sp³-hybridized carbons (Fsp3) is 0.200. The van der Waals surface area contributed by atoms with Crippen LogP contribution in [0.5, 0.6) is 0 Å². The predicted molar refractivity (Wildman–Crippen MR) is 74.5 cm³/mol. The molecule has 19 heavy (non-hydrogen) atoms. The van der Waals surface area contributed by atoms with Gasteiger partial charge in [-0.15, -0.1) is 0 Å². The van der Waals surface area contributed by atoms with E-state index in [2.05, 4.69) is 10.1 Å². The summed E-state index contributed by atoms with van der Waals surface area (Å²) in [5, 5.41) is 4.23. The Bertz CT molecular complexity index is 689. The van der Waals surface area contributed by atoms with Gasteiger partial charge in [0, 0.05) is 23.5 Å². The van der Waals surface area contributed by atoms with E-state index in [9.17, 15) is 4.39 Å². The summed E-state index contributed by atoms with van der Waals surface area (Å²) < 4.78 is 14.9. The molecule has 0 aromatic carbocycles. The monoisotopic (exact) mass is 257 g/mol. The van der Waals surface area contributed by atoms with Gasteiger partial charge in [0.2, 0.25) is 0 Å². The molecule has 3 heterocycles. The van der Waals surface area contributed by atoms with Crippen LogP contribution in [0.4, 0.5) is 4.39 Å². The van der Waals surface area contributed by atoms with Gasteiger partial charge >= 0.3 is 0 Å². The highest BCUT2D eigenvalue weighted by Crippen LogP contribution is 2.20. The minimum atomic E-state index is -0.334. The topological polar surface area (TPSA) is 30.2 Å². The molecule has 4 heteroatoms. The highest BCUT2D eigenvalue weighted by atomic mass is 19.1. The largest absolute Gasteiger partial charge is 0.261 e. The highest BCUT2D eigenvalue weighted by molar-refractivity contribution is 5.65. The highest BCUT2D eigenvalue weighted by Gasteiger charge is 2.03. The number of pyridine rings is 2. The van der Waals surface area contributed by atoms with Crippen LogP contribution in [0.2, 0.25) is 0 Å². The summed E-state index contributed by atoms with van der Waals surface area (Å²) in [6.45, 7) is 6.01. The van der Waals surface area contributed by atoms with Crippen molar-refractivity contribution in [3.8, 4) is 11.1 Å². The molecule has 0 spiro atoms. The Hall–Kier alpha value is -2.23. The van der Waals surface area contributed by atoms with Crippen molar-refractivity contribution >= 4 is 5.52 Å². The molecule has 0 aliphatic carbocycles. The lowest BCUT2D eigenvalue weighted by Gasteiger charge is -2.02. The van der Waals surface area contributed by atoms with Crippen LogP contribution in [-0.2, 0) is 0 Å². The molecular weight excluding hydrogens is 241 g/mol.